The molecule has 0 unspecified atom stereocenters. The van der Waals surface area contributed by atoms with Crippen LogP contribution in [0.1, 0.15) is 31.7 Å². The van der Waals surface area contributed by atoms with E-state index in [1.54, 1.807) is 12.1 Å². The Kier molecular flexibility index (Phi) is 5.98. The molecule has 0 heterocycles. The lowest BCUT2D eigenvalue weighted by Gasteiger charge is -2.08. The van der Waals surface area contributed by atoms with Crippen LogP contribution in [0.2, 0.25) is 0 Å². The molecule has 0 aliphatic rings. The first-order valence-electron chi connectivity index (χ1n) is 5.53. The van der Waals surface area contributed by atoms with Gasteiger partial charge in [0, 0.05) is 10.5 Å². The molecule has 0 saturated heterocycles. The van der Waals surface area contributed by atoms with Crippen molar-refractivity contribution in [2.75, 3.05) is 5.75 Å². The third kappa shape index (κ3) is 4.00. The van der Waals surface area contributed by atoms with Crippen molar-refractivity contribution in [3.8, 4) is 0 Å². The molecule has 1 aromatic rings. The molecule has 5 heteroatoms. The van der Waals surface area contributed by atoms with E-state index < -0.39 is 0 Å². The topological polar surface area (TPSA) is 49.9 Å². The number of rotatable bonds is 6. The summed E-state index contributed by atoms with van der Waals surface area (Å²) in [4.78, 5) is 0.609. The van der Waals surface area contributed by atoms with Gasteiger partial charge in [-0.1, -0.05) is 19.8 Å². The number of halogens is 2. The quantitative estimate of drug-likeness (QED) is 0.358. The zero-order chi connectivity index (χ0) is 12.8. The van der Waals surface area contributed by atoms with Gasteiger partial charge in [-0.05, 0) is 40.2 Å². The van der Waals surface area contributed by atoms with Gasteiger partial charge in [0.25, 0.3) is 0 Å². The third-order valence-corrected chi connectivity index (χ3v) is 4.24. The standard InChI is InChI=1S/C12H16BrFN2S/c1-2-3-4-7-17-9-6-5-8(12(15)16)10(13)11(9)14/h5-6H,2-4,7H2,1H3,(H3,15,16). The predicted octanol–water partition coefficient (Wildman–Crippen LogP) is 4.15. The van der Waals surface area contributed by atoms with Crippen LogP contribution in [0.5, 0.6) is 0 Å². The Bertz CT molecular complexity index is 410. The third-order valence-electron chi connectivity index (χ3n) is 2.34. The highest BCUT2D eigenvalue weighted by Crippen LogP contribution is 2.30. The molecule has 17 heavy (non-hydrogen) atoms. The number of unbranched alkanes of at least 4 members (excludes halogenated alkanes) is 2. The summed E-state index contributed by atoms with van der Waals surface area (Å²) in [6.45, 7) is 2.14. The molecule has 0 aliphatic carbocycles. The van der Waals surface area contributed by atoms with Gasteiger partial charge >= 0.3 is 0 Å². The van der Waals surface area contributed by atoms with E-state index >= 15 is 0 Å². The summed E-state index contributed by atoms with van der Waals surface area (Å²) < 4.78 is 14.2. The van der Waals surface area contributed by atoms with Crippen molar-refractivity contribution in [2.45, 2.75) is 31.1 Å². The number of thioether (sulfide) groups is 1. The monoisotopic (exact) mass is 318 g/mol. The number of benzene rings is 1. The van der Waals surface area contributed by atoms with Crippen LogP contribution in [0.4, 0.5) is 4.39 Å². The van der Waals surface area contributed by atoms with Crippen LogP contribution in [0.25, 0.3) is 0 Å². The summed E-state index contributed by atoms with van der Waals surface area (Å²) in [6, 6.07) is 3.37. The van der Waals surface area contributed by atoms with Crippen LogP contribution in [0.15, 0.2) is 21.5 Å². The summed E-state index contributed by atoms with van der Waals surface area (Å²) in [5.74, 6) is 0.467. The van der Waals surface area contributed by atoms with E-state index in [0.29, 0.717) is 10.5 Å². The van der Waals surface area contributed by atoms with Crippen molar-refractivity contribution >= 4 is 33.5 Å². The number of nitrogens with two attached hydrogens (primary N) is 1. The van der Waals surface area contributed by atoms with Crippen molar-refractivity contribution in [2.24, 2.45) is 5.73 Å². The molecule has 0 spiro atoms. The summed E-state index contributed by atoms with van der Waals surface area (Å²) in [5, 5.41) is 7.31. The maximum absolute atomic E-state index is 13.9. The summed E-state index contributed by atoms with van der Waals surface area (Å²) in [7, 11) is 0. The van der Waals surface area contributed by atoms with E-state index in [1.165, 1.54) is 18.2 Å². The molecule has 2 nitrogen and oxygen atoms in total. The molecule has 0 aliphatic heterocycles. The van der Waals surface area contributed by atoms with E-state index in [1.807, 2.05) is 0 Å². The fourth-order valence-electron chi connectivity index (χ4n) is 1.39. The van der Waals surface area contributed by atoms with Gasteiger partial charge in [0.1, 0.15) is 5.84 Å². The van der Waals surface area contributed by atoms with Gasteiger partial charge in [-0.25, -0.2) is 4.39 Å². The Balaban J connectivity index is 2.75. The minimum absolute atomic E-state index is 0.127. The van der Waals surface area contributed by atoms with Crippen molar-refractivity contribution < 1.29 is 4.39 Å². The van der Waals surface area contributed by atoms with Gasteiger partial charge in [0.2, 0.25) is 0 Å². The van der Waals surface area contributed by atoms with Gasteiger partial charge in [-0.3, -0.25) is 5.41 Å². The van der Waals surface area contributed by atoms with E-state index in [9.17, 15) is 4.39 Å². The first-order valence-corrected chi connectivity index (χ1v) is 7.31. The summed E-state index contributed by atoms with van der Waals surface area (Å²) in [5.41, 5.74) is 5.76. The molecule has 0 atom stereocenters. The lowest BCUT2D eigenvalue weighted by molar-refractivity contribution is 0.594. The van der Waals surface area contributed by atoms with Gasteiger partial charge in [0.05, 0.1) is 4.47 Å². The Morgan fingerprint density at radius 2 is 2.18 bits per heavy atom. The molecule has 0 saturated carbocycles. The molecule has 1 aromatic carbocycles. The van der Waals surface area contributed by atoms with Gasteiger partial charge in [0.15, 0.2) is 5.82 Å². The minimum Gasteiger partial charge on any atom is -0.384 e. The van der Waals surface area contributed by atoms with E-state index in [0.717, 1.165) is 18.6 Å². The molecule has 1 rings (SSSR count). The number of hydrogen-bond acceptors (Lipinski definition) is 2. The maximum Gasteiger partial charge on any atom is 0.151 e. The molecule has 0 bridgehead atoms. The SMILES string of the molecule is CCCCCSc1ccc(C(=N)N)c(Br)c1F. The molecule has 3 N–H and O–H groups in total. The second-order valence-corrected chi connectivity index (χ2v) is 5.64. The minimum atomic E-state index is -0.320. The average Bonchev–Trinajstić information content (AvgIpc) is 2.29. The van der Waals surface area contributed by atoms with Crippen LogP contribution < -0.4 is 5.73 Å². The number of hydrogen-bond donors (Lipinski definition) is 2. The fourth-order valence-corrected chi connectivity index (χ4v) is 3.04. The predicted molar refractivity (Wildman–Crippen MR) is 75.4 cm³/mol. The lowest BCUT2D eigenvalue weighted by Crippen LogP contribution is -2.12. The highest BCUT2D eigenvalue weighted by Gasteiger charge is 2.12. The normalized spacial score (nSPS) is 10.5. The van der Waals surface area contributed by atoms with Gasteiger partial charge in [-0.2, -0.15) is 0 Å². The van der Waals surface area contributed by atoms with Crippen LogP contribution >= 0.6 is 27.7 Å². The first-order chi connectivity index (χ1) is 8.07. The Morgan fingerprint density at radius 3 is 2.76 bits per heavy atom. The van der Waals surface area contributed by atoms with Crippen LogP contribution in [0, 0.1) is 11.2 Å². The van der Waals surface area contributed by atoms with Crippen LogP contribution in [0.3, 0.4) is 0 Å². The van der Waals surface area contributed by atoms with Crippen molar-refractivity contribution in [1.82, 2.24) is 0 Å². The number of amidine groups is 1. The molecule has 0 fully saturated rings. The van der Waals surface area contributed by atoms with Gasteiger partial charge in [-0.15, -0.1) is 11.8 Å². The zero-order valence-electron chi connectivity index (χ0n) is 9.72. The fraction of sp³-hybridized carbons (Fsp3) is 0.417. The van der Waals surface area contributed by atoms with Crippen LogP contribution in [-0.2, 0) is 0 Å². The van der Waals surface area contributed by atoms with Crippen molar-refractivity contribution in [3.63, 3.8) is 0 Å². The Labute approximate surface area is 114 Å². The summed E-state index contributed by atoms with van der Waals surface area (Å²) in [6.07, 6.45) is 3.42. The molecule has 0 aromatic heterocycles. The lowest BCUT2D eigenvalue weighted by atomic mass is 10.2. The van der Waals surface area contributed by atoms with Crippen LogP contribution in [-0.4, -0.2) is 11.6 Å². The molecule has 0 amide bonds. The molecular formula is C12H16BrFN2S. The average molecular weight is 319 g/mol. The Morgan fingerprint density at radius 1 is 1.47 bits per heavy atom. The first kappa shape index (κ1) is 14.5. The Hall–Kier alpha value is -0.550. The molecule has 94 valence electrons. The van der Waals surface area contributed by atoms with E-state index in [-0.39, 0.29) is 16.1 Å². The second-order valence-electron chi connectivity index (χ2n) is 3.71. The summed E-state index contributed by atoms with van der Waals surface area (Å²) >= 11 is 4.65. The number of nitrogens with one attached hydrogen (secondary N) is 1. The highest BCUT2D eigenvalue weighted by molar-refractivity contribution is 9.10. The second kappa shape index (κ2) is 7.01. The van der Waals surface area contributed by atoms with Crippen molar-refractivity contribution in [3.05, 3.63) is 28.0 Å². The maximum atomic E-state index is 13.9. The molecule has 0 radical (unpaired) electrons. The smallest absolute Gasteiger partial charge is 0.151 e. The molecular weight excluding hydrogens is 303 g/mol. The highest BCUT2D eigenvalue weighted by atomic mass is 79.9. The van der Waals surface area contributed by atoms with E-state index in [2.05, 4.69) is 22.9 Å². The zero-order valence-corrected chi connectivity index (χ0v) is 12.1. The number of nitrogen functional groups attached to an aromatic ring is 1. The van der Waals surface area contributed by atoms with Crippen molar-refractivity contribution in [1.29, 1.82) is 5.41 Å². The van der Waals surface area contributed by atoms with Gasteiger partial charge < -0.3 is 5.73 Å². The van der Waals surface area contributed by atoms with E-state index in [4.69, 9.17) is 11.1 Å². The largest absolute Gasteiger partial charge is 0.384 e.